The van der Waals surface area contributed by atoms with Crippen LogP contribution in [0.15, 0.2) is 21.5 Å². The van der Waals surface area contributed by atoms with Crippen LogP contribution in [0.5, 0.6) is 0 Å². The number of aliphatic imine (C=N–C) groups is 1. The number of hydrogen-bond donors (Lipinski definition) is 2. The summed E-state index contributed by atoms with van der Waals surface area (Å²) >= 11 is 1.82. The lowest BCUT2D eigenvalue weighted by Gasteiger charge is -2.21. The molecule has 6 heteroatoms. The van der Waals surface area contributed by atoms with Crippen LogP contribution in [0.2, 0.25) is 0 Å². The number of thioether (sulfide) groups is 1. The molecule has 0 aliphatic heterocycles. The molecule has 21 heavy (non-hydrogen) atoms. The van der Waals surface area contributed by atoms with E-state index in [2.05, 4.69) is 49.6 Å². The molecule has 0 amide bonds. The van der Waals surface area contributed by atoms with Crippen LogP contribution in [-0.2, 0) is 0 Å². The molecule has 0 radical (unpaired) electrons. The van der Waals surface area contributed by atoms with Gasteiger partial charge in [0, 0.05) is 11.3 Å². The lowest BCUT2D eigenvalue weighted by molar-refractivity contribution is 0.441. The zero-order valence-corrected chi connectivity index (χ0v) is 17.0. The molecule has 0 saturated carbocycles. The Balaban J connectivity index is 0.00000400. The van der Waals surface area contributed by atoms with Crippen molar-refractivity contribution in [2.75, 3.05) is 19.3 Å². The molecular formula is C15H28IN3OS. The third-order valence-electron chi connectivity index (χ3n) is 3.06. The summed E-state index contributed by atoms with van der Waals surface area (Å²) in [6, 6.07) is 4.08. The van der Waals surface area contributed by atoms with Crippen LogP contribution in [0.1, 0.15) is 45.3 Å². The van der Waals surface area contributed by atoms with Gasteiger partial charge in [-0.2, -0.15) is 11.8 Å². The van der Waals surface area contributed by atoms with Crippen molar-refractivity contribution in [2.24, 2.45) is 4.99 Å². The van der Waals surface area contributed by atoms with Gasteiger partial charge in [-0.25, -0.2) is 0 Å². The molecule has 1 aromatic heterocycles. The predicted octanol–water partition coefficient (Wildman–Crippen LogP) is 3.96. The molecule has 1 unspecified atom stereocenters. The summed E-state index contributed by atoms with van der Waals surface area (Å²) in [5, 5.41) is 6.65. The Kier molecular flexibility index (Phi) is 9.44. The highest BCUT2D eigenvalue weighted by Gasteiger charge is 2.16. The average molecular weight is 425 g/mol. The van der Waals surface area contributed by atoms with Gasteiger partial charge in [-0.1, -0.05) is 0 Å². The van der Waals surface area contributed by atoms with Crippen molar-refractivity contribution >= 4 is 41.7 Å². The quantitative estimate of drug-likeness (QED) is 0.412. The summed E-state index contributed by atoms with van der Waals surface area (Å²) in [7, 11) is 0. The SMILES string of the molecule is CCNC(=NCC(C)(C)SC)NC(C)c1ccc(C)o1.I. The van der Waals surface area contributed by atoms with Crippen molar-refractivity contribution in [3.05, 3.63) is 23.7 Å². The molecule has 1 rings (SSSR count). The highest BCUT2D eigenvalue weighted by molar-refractivity contribution is 14.0. The zero-order chi connectivity index (χ0) is 15.2. The molecule has 0 fully saturated rings. The molecule has 1 atom stereocenters. The fraction of sp³-hybridized carbons (Fsp3) is 0.667. The van der Waals surface area contributed by atoms with Crippen LogP contribution in [0.4, 0.5) is 0 Å². The summed E-state index contributed by atoms with van der Waals surface area (Å²) in [6.45, 7) is 12.1. The summed E-state index contributed by atoms with van der Waals surface area (Å²) in [5.74, 6) is 2.69. The third-order valence-corrected chi connectivity index (χ3v) is 4.29. The predicted molar refractivity (Wildman–Crippen MR) is 104 cm³/mol. The van der Waals surface area contributed by atoms with Gasteiger partial charge in [-0.05, 0) is 53.0 Å². The first-order valence-corrected chi connectivity index (χ1v) is 8.26. The van der Waals surface area contributed by atoms with Crippen LogP contribution in [0.25, 0.3) is 0 Å². The largest absolute Gasteiger partial charge is 0.464 e. The maximum absolute atomic E-state index is 5.64. The molecule has 4 nitrogen and oxygen atoms in total. The first kappa shape index (κ1) is 20.6. The van der Waals surface area contributed by atoms with Gasteiger partial charge < -0.3 is 15.1 Å². The second-order valence-corrected chi connectivity index (χ2v) is 6.99. The van der Waals surface area contributed by atoms with Crippen molar-refractivity contribution in [1.29, 1.82) is 0 Å². The summed E-state index contributed by atoms with van der Waals surface area (Å²) < 4.78 is 5.79. The first-order valence-electron chi connectivity index (χ1n) is 7.04. The standard InChI is InChI=1S/C15H27N3OS.HI/c1-7-16-14(17-10-15(4,5)20-6)18-12(3)13-9-8-11(2)19-13;/h8-9,12H,7,10H2,1-6H3,(H2,16,17,18);1H. The Morgan fingerprint density at radius 1 is 1.43 bits per heavy atom. The van der Waals surface area contributed by atoms with E-state index >= 15 is 0 Å². The topological polar surface area (TPSA) is 49.6 Å². The summed E-state index contributed by atoms with van der Waals surface area (Å²) in [5.41, 5.74) is 0. The van der Waals surface area contributed by atoms with Crippen LogP contribution in [0.3, 0.4) is 0 Å². The molecule has 2 N–H and O–H groups in total. The number of furan rings is 1. The number of hydrogen-bond acceptors (Lipinski definition) is 3. The molecule has 1 heterocycles. The van der Waals surface area contributed by atoms with Gasteiger partial charge >= 0.3 is 0 Å². The number of nitrogens with one attached hydrogen (secondary N) is 2. The fourth-order valence-electron chi connectivity index (χ4n) is 1.62. The third kappa shape index (κ3) is 7.44. The lowest BCUT2D eigenvalue weighted by Crippen LogP contribution is -2.39. The van der Waals surface area contributed by atoms with Crippen molar-refractivity contribution in [3.63, 3.8) is 0 Å². The highest BCUT2D eigenvalue weighted by atomic mass is 127. The van der Waals surface area contributed by atoms with Gasteiger partial charge in [0.2, 0.25) is 0 Å². The summed E-state index contributed by atoms with van der Waals surface area (Å²) in [4.78, 5) is 4.66. The van der Waals surface area contributed by atoms with Crippen molar-refractivity contribution in [3.8, 4) is 0 Å². The molecule has 0 bridgehead atoms. The van der Waals surface area contributed by atoms with Crippen molar-refractivity contribution in [2.45, 2.75) is 45.4 Å². The summed E-state index contributed by atoms with van der Waals surface area (Å²) in [6.07, 6.45) is 2.12. The minimum absolute atomic E-state index is 0. The Morgan fingerprint density at radius 2 is 2.10 bits per heavy atom. The van der Waals surface area contributed by atoms with Gasteiger partial charge in [0.1, 0.15) is 11.5 Å². The lowest BCUT2D eigenvalue weighted by atomic mass is 10.2. The van der Waals surface area contributed by atoms with E-state index in [1.807, 2.05) is 30.8 Å². The normalized spacial score (nSPS) is 13.5. The Hall–Kier alpha value is -0.370. The van der Waals surface area contributed by atoms with E-state index in [0.29, 0.717) is 0 Å². The van der Waals surface area contributed by atoms with E-state index in [0.717, 1.165) is 30.6 Å². The number of rotatable bonds is 6. The fourth-order valence-corrected chi connectivity index (χ4v) is 1.81. The monoisotopic (exact) mass is 425 g/mol. The molecule has 122 valence electrons. The van der Waals surface area contributed by atoms with Crippen molar-refractivity contribution in [1.82, 2.24) is 10.6 Å². The number of guanidine groups is 1. The molecule has 0 saturated heterocycles. The number of halogens is 1. The van der Waals surface area contributed by atoms with E-state index in [-0.39, 0.29) is 34.8 Å². The minimum atomic E-state index is 0. The first-order chi connectivity index (χ1) is 9.38. The minimum Gasteiger partial charge on any atom is -0.464 e. The Morgan fingerprint density at radius 3 is 2.57 bits per heavy atom. The van der Waals surface area contributed by atoms with Crippen molar-refractivity contribution < 1.29 is 4.42 Å². The molecule has 0 spiro atoms. The Labute approximate surface area is 150 Å². The van der Waals surface area contributed by atoms with Gasteiger partial charge in [-0.3, -0.25) is 4.99 Å². The smallest absolute Gasteiger partial charge is 0.191 e. The second-order valence-electron chi connectivity index (χ2n) is 5.47. The van der Waals surface area contributed by atoms with E-state index in [1.54, 1.807) is 0 Å². The zero-order valence-electron chi connectivity index (χ0n) is 13.8. The van der Waals surface area contributed by atoms with E-state index < -0.39 is 0 Å². The van der Waals surface area contributed by atoms with Crippen LogP contribution in [-0.4, -0.2) is 30.1 Å². The van der Waals surface area contributed by atoms with Gasteiger partial charge in [0.15, 0.2) is 5.96 Å². The van der Waals surface area contributed by atoms with Gasteiger partial charge in [-0.15, -0.1) is 24.0 Å². The molecule has 0 aliphatic rings. The average Bonchev–Trinajstić information content (AvgIpc) is 2.83. The number of aryl methyl sites for hydroxylation is 1. The van der Waals surface area contributed by atoms with Crippen LogP contribution in [0, 0.1) is 6.92 Å². The van der Waals surface area contributed by atoms with Crippen LogP contribution < -0.4 is 10.6 Å². The maximum atomic E-state index is 5.64. The molecule has 0 aromatic carbocycles. The molecular weight excluding hydrogens is 397 g/mol. The van der Waals surface area contributed by atoms with Crippen LogP contribution >= 0.6 is 35.7 Å². The Bertz CT molecular complexity index is 446. The molecule has 1 aromatic rings. The second kappa shape index (κ2) is 9.61. The van der Waals surface area contributed by atoms with E-state index in [4.69, 9.17) is 4.42 Å². The molecule has 0 aliphatic carbocycles. The van der Waals surface area contributed by atoms with Gasteiger partial charge in [0.05, 0.1) is 12.6 Å². The maximum Gasteiger partial charge on any atom is 0.191 e. The van der Waals surface area contributed by atoms with Gasteiger partial charge in [0.25, 0.3) is 0 Å². The number of nitrogens with zero attached hydrogens (tertiary/aromatic N) is 1. The highest BCUT2D eigenvalue weighted by Crippen LogP contribution is 2.21. The van der Waals surface area contributed by atoms with E-state index in [1.165, 1.54) is 0 Å². The van der Waals surface area contributed by atoms with E-state index in [9.17, 15) is 0 Å².